The summed E-state index contributed by atoms with van der Waals surface area (Å²) in [6, 6.07) is 11.3. The molecule has 2 fully saturated rings. The van der Waals surface area contributed by atoms with Gasteiger partial charge in [-0.2, -0.15) is 0 Å². The number of hydrogen-bond acceptors (Lipinski definition) is 3. The Balaban J connectivity index is 1.60. The monoisotopic (exact) mass is 289 g/mol. The SMILES string of the molecule is COC1CCCC(OC(CNC2CC2)c2ccccc2)C1. The lowest BCUT2D eigenvalue weighted by atomic mass is 9.94. The Morgan fingerprint density at radius 2 is 1.86 bits per heavy atom. The van der Waals surface area contributed by atoms with E-state index >= 15 is 0 Å². The smallest absolute Gasteiger partial charge is 0.0953 e. The minimum absolute atomic E-state index is 0.160. The summed E-state index contributed by atoms with van der Waals surface area (Å²) in [7, 11) is 1.82. The van der Waals surface area contributed by atoms with Gasteiger partial charge in [-0.1, -0.05) is 30.3 Å². The fraction of sp³-hybridized carbons (Fsp3) is 0.667. The molecule has 1 aromatic rings. The highest BCUT2D eigenvalue weighted by Crippen LogP contribution is 2.29. The Morgan fingerprint density at radius 3 is 2.57 bits per heavy atom. The lowest BCUT2D eigenvalue weighted by molar-refractivity contribution is -0.0657. The van der Waals surface area contributed by atoms with Gasteiger partial charge in [0.25, 0.3) is 0 Å². The summed E-state index contributed by atoms with van der Waals surface area (Å²) in [6.07, 6.45) is 8.07. The number of ether oxygens (including phenoxy) is 2. The van der Waals surface area contributed by atoms with Gasteiger partial charge in [-0.05, 0) is 44.1 Å². The summed E-state index contributed by atoms with van der Waals surface area (Å²) in [6.45, 7) is 0.919. The maximum Gasteiger partial charge on any atom is 0.0953 e. The minimum atomic E-state index is 0.160. The lowest BCUT2D eigenvalue weighted by Crippen LogP contribution is -2.32. The summed E-state index contributed by atoms with van der Waals surface area (Å²) in [5, 5.41) is 3.61. The van der Waals surface area contributed by atoms with E-state index in [0.717, 1.165) is 25.4 Å². The van der Waals surface area contributed by atoms with Gasteiger partial charge in [0.05, 0.1) is 18.3 Å². The molecule has 3 atom stereocenters. The molecular weight excluding hydrogens is 262 g/mol. The molecule has 0 heterocycles. The van der Waals surface area contributed by atoms with Crippen molar-refractivity contribution >= 4 is 0 Å². The van der Waals surface area contributed by atoms with Crippen LogP contribution in [0.25, 0.3) is 0 Å². The molecular formula is C18H27NO2. The van der Waals surface area contributed by atoms with Gasteiger partial charge in [-0.3, -0.25) is 0 Å². The van der Waals surface area contributed by atoms with Gasteiger partial charge in [0.15, 0.2) is 0 Å². The second kappa shape index (κ2) is 7.39. The van der Waals surface area contributed by atoms with Gasteiger partial charge in [-0.25, -0.2) is 0 Å². The Hall–Kier alpha value is -0.900. The quantitative estimate of drug-likeness (QED) is 0.834. The maximum absolute atomic E-state index is 6.45. The summed E-state index contributed by atoms with van der Waals surface area (Å²) in [4.78, 5) is 0. The molecule has 0 saturated heterocycles. The summed E-state index contributed by atoms with van der Waals surface area (Å²) >= 11 is 0. The van der Waals surface area contributed by atoms with Crippen LogP contribution in [0.5, 0.6) is 0 Å². The van der Waals surface area contributed by atoms with Crippen molar-refractivity contribution in [3.63, 3.8) is 0 Å². The van der Waals surface area contributed by atoms with Crippen LogP contribution in [-0.2, 0) is 9.47 Å². The van der Waals surface area contributed by atoms with Crippen molar-refractivity contribution in [1.82, 2.24) is 5.32 Å². The van der Waals surface area contributed by atoms with Gasteiger partial charge < -0.3 is 14.8 Å². The van der Waals surface area contributed by atoms with Gasteiger partial charge >= 0.3 is 0 Å². The van der Waals surface area contributed by atoms with Crippen LogP contribution < -0.4 is 5.32 Å². The van der Waals surface area contributed by atoms with Crippen LogP contribution in [0, 0.1) is 0 Å². The summed E-state index contributed by atoms with van der Waals surface area (Å²) in [5.41, 5.74) is 1.28. The zero-order valence-electron chi connectivity index (χ0n) is 13.0. The van der Waals surface area contributed by atoms with Crippen molar-refractivity contribution in [3.05, 3.63) is 35.9 Å². The third-order valence-electron chi connectivity index (χ3n) is 4.61. The van der Waals surface area contributed by atoms with Gasteiger partial charge in [0.1, 0.15) is 0 Å². The van der Waals surface area contributed by atoms with Crippen LogP contribution in [0.4, 0.5) is 0 Å². The van der Waals surface area contributed by atoms with E-state index in [1.165, 1.54) is 31.2 Å². The number of hydrogen-bond donors (Lipinski definition) is 1. The maximum atomic E-state index is 6.45. The number of methoxy groups -OCH3 is 1. The summed E-state index contributed by atoms with van der Waals surface area (Å²) in [5.74, 6) is 0. The minimum Gasteiger partial charge on any atom is -0.381 e. The fourth-order valence-corrected chi connectivity index (χ4v) is 3.15. The van der Waals surface area contributed by atoms with Crippen molar-refractivity contribution in [2.24, 2.45) is 0 Å². The van der Waals surface area contributed by atoms with Gasteiger partial charge in [0, 0.05) is 19.7 Å². The Kier molecular flexibility index (Phi) is 5.28. The third-order valence-corrected chi connectivity index (χ3v) is 4.61. The van der Waals surface area contributed by atoms with Crippen LogP contribution >= 0.6 is 0 Å². The predicted octanol–water partition coefficient (Wildman–Crippen LogP) is 3.45. The molecule has 3 nitrogen and oxygen atoms in total. The molecule has 0 aliphatic heterocycles. The highest BCUT2D eigenvalue weighted by atomic mass is 16.5. The molecule has 0 aromatic heterocycles. The molecule has 21 heavy (non-hydrogen) atoms. The zero-order chi connectivity index (χ0) is 14.5. The van der Waals surface area contributed by atoms with Crippen molar-refractivity contribution in [3.8, 4) is 0 Å². The molecule has 2 saturated carbocycles. The highest BCUT2D eigenvalue weighted by Gasteiger charge is 2.27. The van der Waals surface area contributed by atoms with Crippen LogP contribution in [0.2, 0.25) is 0 Å². The van der Waals surface area contributed by atoms with Crippen LogP contribution in [-0.4, -0.2) is 31.9 Å². The van der Waals surface area contributed by atoms with E-state index in [1.54, 1.807) is 0 Å². The average molecular weight is 289 g/mol. The zero-order valence-corrected chi connectivity index (χ0v) is 13.0. The van der Waals surface area contributed by atoms with Crippen molar-refractivity contribution in [2.75, 3.05) is 13.7 Å². The first-order valence-electron chi connectivity index (χ1n) is 8.31. The molecule has 2 aliphatic rings. The second-order valence-corrected chi connectivity index (χ2v) is 6.36. The van der Waals surface area contributed by atoms with Gasteiger partial charge in [-0.15, -0.1) is 0 Å². The van der Waals surface area contributed by atoms with E-state index < -0.39 is 0 Å². The van der Waals surface area contributed by atoms with Crippen molar-refractivity contribution in [1.29, 1.82) is 0 Å². The molecule has 0 bridgehead atoms. The molecule has 0 spiro atoms. The molecule has 0 radical (unpaired) electrons. The first-order chi connectivity index (χ1) is 10.3. The molecule has 2 aliphatic carbocycles. The fourth-order valence-electron chi connectivity index (χ4n) is 3.15. The molecule has 116 valence electrons. The molecule has 3 unspecified atom stereocenters. The Labute approximate surface area is 128 Å². The number of benzene rings is 1. The van der Waals surface area contributed by atoms with Crippen LogP contribution in [0.1, 0.15) is 50.2 Å². The molecule has 3 heteroatoms. The molecule has 1 aromatic carbocycles. The van der Waals surface area contributed by atoms with E-state index in [0.29, 0.717) is 12.2 Å². The van der Waals surface area contributed by atoms with E-state index in [9.17, 15) is 0 Å². The first-order valence-corrected chi connectivity index (χ1v) is 8.31. The van der Waals surface area contributed by atoms with E-state index in [1.807, 2.05) is 7.11 Å². The molecule has 3 rings (SSSR count). The summed E-state index contributed by atoms with van der Waals surface area (Å²) < 4.78 is 12.0. The second-order valence-electron chi connectivity index (χ2n) is 6.36. The largest absolute Gasteiger partial charge is 0.381 e. The lowest BCUT2D eigenvalue weighted by Gasteiger charge is -2.32. The van der Waals surface area contributed by atoms with E-state index in [4.69, 9.17) is 9.47 Å². The number of rotatable bonds is 7. The van der Waals surface area contributed by atoms with E-state index in [-0.39, 0.29) is 6.10 Å². The Morgan fingerprint density at radius 1 is 1.10 bits per heavy atom. The van der Waals surface area contributed by atoms with Crippen LogP contribution in [0.3, 0.4) is 0 Å². The number of nitrogens with one attached hydrogen (secondary N) is 1. The normalized spacial score (nSPS) is 27.5. The molecule has 0 amide bonds. The highest BCUT2D eigenvalue weighted by molar-refractivity contribution is 5.18. The first kappa shape index (κ1) is 15.0. The predicted molar refractivity (Wildman–Crippen MR) is 84.3 cm³/mol. The van der Waals surface area contributed by atoms with Gasteiger partial charge in [0.2, 0.25) is 0 Å². The van der Waals surface area contributed by atoms with E-state index in [2.05, 4.69) is 35.6 Å². The Bertz CT molecular complexity index is 418. The van der Waals surface area contributed by atoms with Crippen molar-refractivity contribution in [2.45, 2.75) is 62.9 Å². The molecule has 1 N–H and O–H groups in total. The topological polar surface area (TPSA) is 30.5 Å². The van der Waals surface area contributed by atoms with Crippen LogP contribution in [0.15, 0.2) is 30.3 Å². The standard InChI is InChI=1S/C18H27NO2/c1-20-16-8-5-9-17(12-16)21-18(13-19-15-10-11-15)14-6-3-2-4-7-14/h2-4,6-7,15-19H,5,8-13H2,1H3. The van der Waals surface area contributed by atoms with Crippen molar-refractivity contribution < 1.29 is 9.47 Å². The third kappa shape index (κ3) is 4.53. The average Bonchev–Trinajstić information content (AvgIpc) is 3.37.